The number of hydrogen-bond donors (Lipinski definition) is 1. The Morgan fingerprint density at radius 1 is 1.30 bits per heavy atom. The molecule has 0 spiro atoms. The van der Waals surface area contributed by atoms with Crippen LogP contribution in [0.3, 0.4) is 0 Å². The normalized spacial score (nSPS) is 11.7. The molecule has 0 aromatic carbocycles. The van der Waals surface area contributed by atoms with E-state index in [4.69, 9.17) is 0 Å². The van der Waals surface area contributed by atoms with Crippen molar-refractivity contribution >= 4 is 5.82 Å². The van der Waals surface area contributed by atoms with Crippen LogP contribution in [0.25, 0.3) is 0 Å². The number of aromatic nitrogens is 1. The molecule has 0 unspecified atom stereocenters. The van der Waals surface area contributed by atoms with Crippen LogP contribution in [0.5, 0.6) is 0 Å². The summed E-state index contributed by atoms with van der Waals surface area (Å²) in [6.45, 7) is 3.72. The molecule has 3 nitrogen and oxygen atoms in total. The maximum absolute atomic E-state index is 13.2. The number of anilines is 1. The zero-order valence-corrected chi connectivity index (χ0v) is 11.6. The Balaban J connectivity index is 3.04. The first-order chi connectivity index (χ1) is 9.37. The van der Waals surface area contributed by atoms with Gasteiger partial charge in [-0.1, -0.05) is 13.8 Å². The van der Waals surface area contributed by atoms with Crippen LogP contribution in [0.4, 0.5) is 23.4 Å². The van der Waals surface area contributed by atoms with Gasteiger partial charge in [0, 0.05) is 18.7 Å². The minimum Gasteiger partial charge on any atom is -0.347 e. The Hall–Kier alpha value is -1.37. The predicted octanol–water partition coefficient (Wildman–Crippen LogP) is 3.11. The van der Waals surface area contributed by atoms with Gasteiger partial charge < -0.3 is 10.2 Å². The summed E-state index contributed by atoms with van der Waals surface area (Å²) in [6, 6.07) is 1.23. The summed E-state index contributed by atoms with van der Waals surface area (Å²) in [4.78, 5) is 4.99. The second-order valence-corrected chi connectivity index (χ2v) is 4.45. The van der Waals surface area contributed by atoms with Crippen LogP contribution in [0, 0.1) is 5.82 Å². The van der Waals surface area contributed by atoms with Crippen molar-refractivity contribution in [1.29, 1.82) is 0 Å². The molecule has 0 aliphatic rings. The number of halogens is 4. The summed E-state index contributed by atoms with van der Waals surface area (Å²) in [5.41, 5.74) is 0.435. The number of nitrogens with one attached hydrogen (secondary N) is 1. The molecule has 0 amide bonds. The molecule has 20 heavy (non-hydrogen) atoms. The molecule has 1 rings (SSSR count). The molecular weight excluding hydrogens is 274 g/mol. The van der Waals surface area contributed by atoms with Gasteiger partial charge in [-0.2, -0.15) is 13.2 Å². The van der Waals surface area contributed by atoms with E-state index in [2.05, 4.69) is 10.3 Å². The zero-order valence-electron chi connectivity index (χ0n) is 11.6. The fourth-order valence-electron chi connectivity index (χ4n) is 1.89. The molecule has 0 bridgehead atoms. The Bertz CT molecular complexity index is 421. The van der Waals surface area contributed by atoms with Crippen LogP contribution in [0.2, 0.25) is 0 Å². The first-order valence-corrected chi connectivity index (χ1v) is 6.54. The molecule has 0 fully saturated rings. The smallest absolute Gasteiger partial charge is 0.347 e. The Morgan fingerprint density at radius 3 is 2.55 bits per heavy atom. The molecule has 0 atom stereocenters. The molecule has 7 heteroatoms. The number of rotatable bonds is 7. The van der Waals surface area contributed by atoms with E-state index in [1.165, 1.54) is 6.07 Å². The van der Waals surface area contributed by atoms with E-state index >= 15 is 0 Å². The molecule has 0 radical (unpaired) electrons. The molecule has 1 heterocycles. The van der Waals surface area contributed by atoms with E-state index in [9.17, 15) is 17.6 Å². The van der Waals surface area contributed by atoms with Crippen LogP contribution >= 0.6 is 0 Å². The van der Waals surface area contributed by atoms with Gasteiger partial charge >= 0.3 is 6.18 Å². The van der Waals surface area contributed by atoms with Crippen molar-refractivity contribution in [2.24, 2.45) is 0 Å². The van der Waals surface area contributed by atoms with Gasteiger partial charge in [0.2, 0.25) is 0 Å². The van der Waals surface area contributed by atoms with Gasteiger partial charge in [0.25, 0.3) is 0 Å². The molecule has 1 N–H and O–H groups in total. The highest BCUT2D eigenvalue weighted by atomic mass is 19.4. The summed E-state index contributed by atoms with van der Waals surface area (Å²) >= 11 is 0. The van der Waals surface area contributed by atoms with Crippen LogP contribution in [-0.2, 0) is 6.54 Å². The minimum atomic E-state index is -4.32. The molecule has 114 valence electrons. The van der Waals surface area contributed by atoms with E-state index < -0.39 is 18.5 Å². The largest absolute Gasteiger partial charge is 0.405 e. The van der Waals surface area contributed by atoms with Gasteiger partial charge in [0.1, 0.15) is 18.2 Å². The maximum Gasteiger partial charge on any atom is 0.405 e. The molecule has 0 saturated heterocycles. The Morgan fingerprint density at radius 2 is 2.00 bits per heavy atom. The zero-order chi connectivity index (χ0) is 15.2. The second-order valence-electron chi connectivity index (χ2n) is 4.45. The van der Waals surface area contributed by atoms with E-state index in [0.29, 0.717) is 18.5 Å². The highest BCUT2D eigenvalue weighted by Gasteiger charge is 2.31. The Kier molecular flexibility index (Phi) is 6.19. The summed E-state index contributed by atoms with van der Waals surface area (Å²) in [5, 5.41) is 2.98. The Labute approximate surface area is 116 Å². The van der Waals surface area contributed by atoms with E-state index in [1.54, 1.807) is 6.92 Å². The third-order valence-electron chi connectivity index (χ3n) is 2.64. The number of alkyl halides is 3. The maximum atomic E-state index is 13.2. The summed E-state index contributed by atoms with van der Waals surface area (Å²) in [6.07, 6.45) is -2.82. The summed E-state index contributed by atoms with van der Waals surface area (Å²) in [7, 11) is 0. The lowest BCUT2D eigenvalue weighted by molar-refractivity contribution is -0.119. The summed E-state index contributed by atoms with van der Waals surface area (Å²) in [5.74, 6) is -0.364. The average molecular weight is 293 g/mol. The van der Waals surface area contributed by atoms with Crippen molar-refractivity contribution in [3.05, 3.63) is 23.6 Å². The average Bonchev–Trinajstić information content (AvgIpc) is 2.34. The molecule has 0 saturated carbocycles. The monoisotopic (exact) mass is 293 g/mol. The first kappa shape index (κ1) is 16.7. The van der Waals surface area contributed by atoms with Gasteiger partial charge in [-0.15, -0.1) is 0 Å². The lowest BCUT2D eigenvalue weighted by Gasteiger charge is -2.26. The van der Waals surface area contributed by atoms with Gasteiger partial charge in [0.05, 0.1) is 6.20 Å². The third kappa shape index (κ3) is 5.32. The fourth-order valence-corrected chi connectivity index (χ4v) is 1.89. The number of nitrogens with zero attached hydrogens (tertiary/aromatic N) is 2. The van der Waals surface area contributed by atoms with Crippen molar-refractivity contribution in [1.82, 2.24) is 10.3 Å². The predicted molar refractivity (Wildman–Crippen MR) is 70.1 cm³/mol. The van der Waals surface area contributed by atoms with Crippen molar-refractivity contribution in [2.45, 2.75) is 33.0 Å². The van der Waals surface area contributed by atoms with Crippen LogP contribution in [0.1, 0.15) is 25.8 Å². The van der Waals surface area contributed by atoms with Gasteiger partial charge in [-0.3, -0.25) is 0 Å². The van der Waals surface area contributed by atoms with Crippen LogP contribution < -0.4 is 10.2 Å². The lowest BCUT2D eigenvalue weighted by atomic mass is 10.2. The van der Waals surface area contributed by atoms with Crippen LogP contribution in [0.15, 0.2) is 12.3 Å². The first-order valence-electron chi connectivity index (χ1n) is 6.54. The van der Waals surface area contributed by atoms with Crippen molar-refractivity contribution in [3.63, 3.8) is 0 Å². The summed E-state index contributed by atoms with van der Waals surface area (Å²) < 4.78 is 51.1. The van der Waals surface area contributed by atoms with Gasteiger partial charge in [-0.05, 0) is 19.0 Å². The third-order valence-corrected chi connectivity index (χ3v) is 2.64. The van der Waals surface area contributed by atoms with Crippen molar-refractivity contribution in [2.75, 3.05) is 24.5 Å². The molecule has 0 aliphatic carbocycles. The number of hydrogen-bond acceptors (Lipinski definition) is 3. The van der Waals surface area contributed by atoms with Gasteiger partial charge in [0.15, 0.2) is 0 Å². The lowest BCUT2D eigenvalue weighted by Crippen LogP contribution is -2.36. The standard InChI is InChI=1S/C13H19F4N3/c1-3-5-20(9-13(15,16)17)12-10(7-18-4-2)6-11(14)8-19-12/h6,8,18H,3-5,7,9H2,1-2H3. The fraction of sp³-hybridized carbons (Fsp3) is 0.615. The van der Waals surface area contributed by atoms with Crippen LogP contribution in [-0.4, -0.2) is 30.8 Å². The highest BCUT2D eigenvalue weighted by Crippen LogP contribution is 2.24. The molecule has 1 aromatic heterocycles. The van der Waals surface area contributed by atoms with E-state index in [0.717, 1.165) is 11.1 Å². The van der Waals surface area contributed by atoms with Crippen molar-refractivity contribution < 1.29 is 17.6 Å². The van der Waals surface area contributed by atoms with E-state index in [-0.39, 0.29) is 18.9 Å². The topological polar surface area (TPSA) is 28.2 Å². The number of pyridine rings is 1. The quantitative estimate of drug-likeness (QED) is 0.783. The van der Waals surface area contributed by atoms with E-state index in [1.807, 2.05) is 6.92 Å². The molecule has 1 aromatic rings. The highest BCUT2D eigenvalue weighted by molar-refractivity contribution is 5.47. The SMILES string of the molecule is CCCN(CC(F)(F)F)c1ncc(F)cc1CNCC. The van der Waals surface area contributed by atoms with Gasteiger partial charge in [-0.25, -0.2) is 9.37 Å². The molecule has 0 aliphatic heterocycles. The van der Waals surface area contributed by atoms with Crippen molar-refractivity contribution in [3.8, 4) is 0 Å². The molecular formula is C13H19F4N3. The minimum absolute atomic E-state index is 0.187. The second kappa shape index (κ2) is 7.42.